The average Bonchev–Trinajstić information content (AvgIpc) is 2.62. The predicted octanol–water partition coefficient (Wildman–Crippen LogP) is 4.05. The van der Waals surface area contributed by atoms with Gasteiger partial charge in [0.25, 0.3) is 5.91 Å². The van der Waals surface area contributed by atoms with Crippen molar-refractivity contribution in [1.29, 1.82) is 0 Å². The molecule has 0 fully saturated rings. The average molecular weight is 382 g/mol. The van der Waals surface area contributed by atoms with Crippen molar-refractivity contribution in [1.82, 2.24) is 5.43 Å². The predicted molar refractivity (Wildman–Crippen MR) is 102 cm³/mol. The van der Waals surface area contributed by atoms with Crippen LogP contribution < -0.4 is 16.6 Å². The molecule has 0 heterocycles. The number of hydrogen-bond acceptors (Lipinski definition) is 3. The summed E-state index contributed by atoms with van der Waals surface area (Å²) in [6.07, 6.45) is 1.75. The minimum atomic E-state index is -0.383. The van der Waals surface area contributed by atoms with Gasteiger partial charge in [0.05, 0.1) is 0 Å². The van der Waals surface area contributed by atoms with Gasteiger partial charge in [0.2, 0.25) is 0 Å². The fraction of sp³-hybridized carbons (Fsp3) is 0. The van der Waals surface area contributed by atoms with Crippen LogP contribution >= 0.6 is 15.9 Å². The molecule has 0 saturated heterocycles. The molecule has 24 heavy (non-hydrogen) atoms. The van der Waals surface area contributed by atoms with Gasteiger partial charge in [-0.15, -0.1) is 0 Å². The normalized spacial score (nSPS) is 11.3. The second kappa shape index (κ2) is 7.29. The highest BCUT2D eigenvalue weighted by Gasteiger charge is 2.09. The van der Waals surface area contributed by atoms with Crippen LogP contribution in [-0.2, 0) is 4.79 Å². The van der Waals surface area contributed by atoms with Crippen molar-refractivity contribution < 1.29 is 4.79 Å². The van der Waals surface area contributed by atoms with Gasteiger partial charge in [-0.1, -0.05) is 58.4 Å². The van der Waals surface area contributed by atoms with Crippen LogP contribution in [-0.4, -0.2) is 5.91 Å². The molecule has 0 aliphatic carbocycles. The number of nitrogens with one attached hydrogen (secondary N) is 2. The van der Waals surface area contributed by atoms with Crippen LogP contribution in [0, 0.1) is 0 Å². The van der Waals surface area contributed by atoms with E-state index in [-0.39, 0.29) is 5.91 Å². The van der Waals surface area contributed by atoms with Crippen LogP contribution in [0.4, 0.5) is 5.69 Å². The third-order valence-corrected chi connectivity index (χ3v) is 4.11. The van der Waals surface area contributed by atoms with Crippen LogP contribution in [0.25, 0.3) is 16.8 Å². The summed E-state index contributed by atoms with van der Waals surface area (Å²) in [6, 6.07) is 21.6. The molecule has 0 bridgehead atoms. The van der Waals surface area contributed by atoms with Crippen molar-refractivity contribution in [2.24, 2.45) is 5.84 Å². The first-order valence-electron chi connectivity index (χ1n) is 7.40. The fourth-order valence-electron chi connectivity index (χ4n) is 2.38. The molecule has 0 saturated carbocycles. The lowest BCUT2D eigenvalue weighted by molar-refractivity contribution is -0.117. The number of rotatable bonds is 4. The van der Waals surface area contributed by atoms with E-state index in [1.807, 2.05) is 66.7 Å². The zero-order valence-electron chi connectivity index (χ0n) is 12.8. The maximum Gasteiger partial charge on any atom is 0.281 e. The number of fused-ring (bicyclic) bond motifs is 1. The molecule has 120 valence electrons. The zero-order chi connectivity index (χ0) is 16.9. The van der Waals surface area contributed by atoms with Gasteiger partial charge in [0.1, 0.15) is 5.70 Å². The Labute approximate surface area is 148 Å². The molecular weight excluding hydrogens is 366 g/mol. The monoisotopic (exact) mass is 381 g/mol. The summed E-state index contributed by atoms with van der Waals surface area (Å²) in [7, 11) is 0. The molecule has 5 heteroatoms. The summed E-state index contributed by atoms with van der Waals surface area (Å²) < 4.78 is 0.979. The lowest BCUT2D eigenvalue weighted by Crippen LogP contribution is -2.33. The van der Waals surface area contributed by atoms with Gasteiger partial charge in [-0.3, -0.25) is 10.2 Å². The van der Waals surface area contributed by atoms with Crippen LogP contribution in [0.2, 0.25) is 0 Å². The number of anilines is 1. The van der Waals surface area contributed by atoms with Gasteiger partial charge in [-0.25, -0.2) is 5.84 Å². The van der Waals surface area contributed by atoms with Crippen LogP contribution in [0.3, 0.4) is 0 Å². The van der Waals surface area contributed by atoms with E-state index in [1.165, 1.54) is 0 Å². The van der Waals surface area contributed by atoms with Crippen molar-refractivity contribution in [2.45, 2.75) is 0 Å². The summed E-state index contributed by atoms with van der Waals surface area (Å²) in [6.45, 7) is 0. The molecule has 4 N–H and O–H groups in total. The quantitative estimate of drug-likeness (QED) is 0.276. The van der Waals surface area contributed by atoms with E-state index in [2.05, 4.69) is 26.7 Å². The molecule has 0 radical (unpaired) electrons. The maximum absolute atomic E-state index is 12.1. The minimum Gasteiger partial charge on any atom is -0.351 e. The van der Waals surface area contributed by atoms with E-state index in [0.29, 0.717) is 5.70 Å². The second-order valence-corrected chi connectivity index (χ2v) is 6.19. The number of hydrogen-bond donors (Lipinski definition) is 3. The van der Waals surface area contributed by atoms with E-state index < -0.39 is 0 Å². The first-order valence-corrected chi connectivity index (χ1v) is 8.19. The molecule has 0 spiro atoms. The number of hydrazine groups is 1. The number of carbonyl (C=O) groups excluding carboxylic acids is 1. The SMILES string of the molecule is NNC(=O)C(=Cc1ccc(Br)cc1)Nc1ccc2ccccc2c1. The topological polar surface area (TPSA) is 67.1 Å². The Hall–Kier alpha value is -2.63. The standard InChI is InChI=1S/C19H16BrN3O/c20-16-8-5-13(6-9-16)11-18(19(24)23-21)22-17-10-7-14-3-1-2-4-15(14)12-17/h1-12,22H,21H2,(H,23,24). The largest absolute Gasteiger partial charge is 0.351 e. The van der Waals surface area contributed by atoms with Crippen molar-refractivity contribution in [3.8, 4) is 0 Å². The lowest BCUT2D eigenvalue weighted by atomic mass is 10.1. The van der Waals surface area contributed by atoms with Crippen molar-refractivity contribution in [3.05, 3.63) is 82.5 Å². The lowest BCUT2D eigenvalue weighted by Gasteiger charge is -2.11. The summed E-state index contributed by atoms with van der Waals surface area (Å²) in [5.74, 6) is 4.92. The Morgan fingerprint density at radius 2 is 1.67 bits per heavy atom. The maximum atomic E-state index is 12.1. The Kier molecular flexibility index (Phi) is 4.93. The molecule has 0 unspecified atom stereocenters. The Morgan fingerprint density at radius 3 is 2.38 bits per heavy atom. The molecule has 3 aromatic carbocycles. The number of benzene rings is 3. The van der Waals surface area contributed by atoms with E-state index in [4.69, 9.17) is 5.84 Å². The van der Waals surface area contributed by atoms with Crippen LogP contribution in [0.15, 0.2) is 76.9 Å². The first kappa shape index (κ1) is 16.2. The molecule has 0 aliphatic heterocycles. The molecule has 4 nitrogen and oxygen atoms in total. The number of nitrogens with two attached hydrogens (primary N) is 1. The van der Waals surface area contributed by atoms with Crippen molar-refractivity contribution in [3.63, 3.8) is 0 Å². The highest BCUT2D eigenvalue weighted by atomic mass is 79.9. The molecule has 0 aliphatic rings. The van der Waals surface area contributed by atoms with Crippen LogP contribution in [0.1, 0.15) is 5.56 Å². The highest BCUT2D eigenvalue weighted by molar-refractivity contribution is 9.10. The third kappa shape index (κ3) is 3.82. The minimum absolute atomic E-state index is 0.370. The van der Waals surface area contributed by atoms with E-state index in [9.17, 15) is 4.79 Å². The fourth-order valence-corrected chi connectivity index (χ4v) is 2.65. The van der Waals surface area contributed by atoms with Crippen molar-refractivity contribution in [2.75, 3.05) is 5.32 Å². The Balaban J connectivity index is 1.93. The Morgan fingerprint density at radius 1 is 0.958 bits per heavy atom. The number of halogens is 1. The van der Waals surface area contributed by atoms with E-state index in [0.717, 1.165) is 26.5 Å². The van der Waals surface area contributed by atoms with Gasteiger partial charge < -0.3 is 5.32 Å². The smallest absolute Gasteiger partial charge is 0.281 e. The van der Waals surface area contributed by atoms with Gasteiger partial charge in [0, 0.05) is 10.2 Å². The van der Waals surface area contributed by atoms with E-state index in [1.54, 1.807) is 6.08 Å². The van der Waals surface area contributed by atoms with Gasteiger partial charge in [-0.2, -0.15) is 0 Å². The van der Waals surface area contributed by atoms with Crippen LogP contribution in [0.5, 0.6) is 0 Å². The van der Waals surface area contributed by atoms with E-state index >= 15 is 0 Å². The molecule has 3 rings (SSSR count). The van der Waals surface area contributed by atoms with Gasteiger partial charge in [-0.05, 0) is 46.7 Å². The summed E-state index contributed by atoms with van der Waals surface area (Å²) in [5.41, 5.74) is 4.26. The number of amides is 1. The van der Waals surface area contributed by atoms with Gasteiger partial charge in [0.15, 0.2) is 0 Å². The summed E-state index contributed by atoms with van der Waals surface area (Å²) >= 11 is 3.40. The first-order chi connectivity index (χ1) is 11.7. The molecular formula is C19H16BrN3O. The highest BCUT2D eigenvalue weighted by Crippen LogP contribution is 2.21. The zero-order valence-corrected chi connectivity index (χ0v) is 14.4. The molecule has 1 amide bonds. The molecule has 0 atom stereocenters. The summed E-state index contributed by atoms with van der Waals surface area (Å²) in [4.78, 5) is 12.1. The Bertz CT molecular complexity index is 904. The molecule has 0 aromatic heterocycles. The molecule has 3 aromatic rings. The summed E-state index contributed by atoms with van der Waals surface area (Å²) in [5, 5.41) is 5.38. The van der Waals surface area contributed by atoms with Crippen molar-refractivity contribution >= 4 is 44.4 Å². The number of carbonyl (C=O) groups is 1. The second-order valence-electron chi connectivity index (χ2n) is 5.27. The van der Waals surface area contributed by atoms with Gasteiger partial charge >= 0.3 is 0 Å². The third-order valence-electron chi connectivity index (χ3n) is 3.59.